The summed E-state index contributed by atoms with van der Waals surface area (Å²) in [6.45, 7) is 7.78. The lowest BCUT2D eigenvalue weighted by atomic mass is 9.77. The van der Waals surface area contributed by atoms with Gasteiger partial charge in [0.25, 0.3) is 0 Å². The Morgan fingerprint density at radius 3 is 2.00 bits per heavy atom. The first-order chi connectivity index (χ1) is 5.44. The minimum Gasteiger partial charge on any atom is -0.198 e. The van der Waals surface area contributed by atoms with Crippen LogP contribution in [0.2, 0.25) is 0 Å². The fourth-order valence-corrected chi connectivity index (χ4v) is 1.06. The van der Waals surface area contributed by atoms with Crippen LogP contribution in [0.1, 0.15) is 34.1 Å². The SMILES string of the molecule is CC(C)CC(C#N)C(C)(C)C#N. The van der Waals surface area contributed by atoms with E-state index in [2.05, 4.69) is 26.0 Å². The van der Waals surface area contributed by atoms with Crippen LogP contribution in [0.3, 0.4) is 0 Å². The highest BCUT2D eigenvalue weighted by molar-refractivity contribution is 5.04. The largest absolute Gasteiger partial charge is 0.198 e. The van der Waals surface area contributed by atoms with Gasteiger partial charge in [-0.05, 0) is 26.2 Å². The number of hydrogen-bond acceptors (Lipinski definition) is 2. The van der Waals surface area contributed by atoms with E-state index in [9.17, 15) is 0 Å². The molecular weight excluding hydrogens is 148 g/mol. The standard InChI is InChI=1S/C10H16N2/c1-8(2)5-9(6-11)10(3,4)7-12/h8-9H,5H2,1-4H3. The number of nitriles is 2. The van der Waals surface area contributed by atoms with E-state index in [1.807, 2.05) is 13.8 Å². The zero-order valence-corrected chi connectivity index (χ0v) is 8.26. The molecule has 2 nitrogen and oxygen atoms in total. The van der Waals surface area contributed by atoms with Gasteiger partial charge >= 0.3 is 0 Å². The Morgan fingerprint density at radius 2 is 1.75 bits per heavy atom. The van der Waals surface area contributed by atoms with Crippen molar-refractivity contribution in [2.24, 2.45) is 17.3 Å². The highest BCUT2D eigenvalue weighted by atomic mass is 14.4. The van der Waals surface area contributed by atoms with Crippen LogP contribution >= 0.6 is 0 Å². The maximum absolute atomic E-state index is 8.84. The van der Waals surface area contributed by atoms with E-state index in [0.717, 1.165) is 6.42 Å². The molecule has 2 heteroatoms. The molecule has 0 amide bonds. The molecule has 0 bridgehead atoms. The van der Waals surface area contributed by atoms with Gasteiger partial charge in [-0.3, -0.25) is 0 Å². The van der Waals surface area contributed by atoms with Crippen LogP contribution in [0.4, 0.5) is 0 Å². The van der Waals surface area contributed by atoms with Crippen LogP contribution in [0.5, 0.6) is 0 Å². The first-order valence-corrected chi connectivity index (χ1v) is 4.25. The van der Waals surface area contributed by atoms with E-state index in [4.69, 9.17) is 10.5 Å². The third-order valence-corrected chi connectivity index (χ3v) is 2.02. The zero-order valence-electron chi connectivity index (χ0n) is 8.26. The molecule has 0 fully saturated rings. The summed E-state index contributed by atoms with van der Waals surface area (Å²) < 4.78 is 0. The minimum absolute atomic E-state index is 0.150. The van der Waals surface area contributed by atoms with Crippen LogP contribution < -0.4 is 0 Å². The number of nitrogens with zero attached hydrogens (tertiary/aromatic N) is 2. The Morgan fingerprint density at radius 1 is 1.25 bits per heavy atom. The number of hydrogen-bond donors (Lipinski definition) is 0. The molecule has 0 spiro atoms. The quantitative estimate of drug-likeness (QED) is 0.643. The van der Waals surface area contributed by atoms with Crippen molar-refractivity contribution in [2.45, 2.75) is 34.1 Å². The molecule has 66 valence electrons. The molecule has 12 heavy (non-hydrogen) atoms. The monoisotopic (exact) mass is 164 g/mol. The van der Waals surface area contributed by atoms with E-state index in [-0.39, 0.29) is 5.92 Å². The molecule has 0 N–H and O–H groups in total. The van der Waals surface area contributed by atoms with Gasteiger partial charge in [0.15, 0.2) is 0 Å². The van der Waals surface area contributed by atoms with Crippen molar-refractivity contribution in [3.05, 3.63) is 0 Å². The third-order valence-electron chi connectivity index (χ3n) is 2.02. The average Bonchev–Trinajstić information content (AvgIpc) is 1.99. The Hall–Kier alpha value is -1.02. The lowest BCUT2D eigenvalue weighted by Gasteiger charge is -2.22. The summed E-state index contributed by atoms with van der Waals surface area (Å²) in [6, 6.07) is 4.38. The van der Waals surface area contributed by atoms with Crippen molar-refractivity contribution in [2.75, 3.05) is 0 Å². The summed E-state index contributed by atoms with van der Waals surface area (Å²) in [5.74, 6) is 0.324. The van der Waals surface area contributed by atoms with Crippen molar-refractivity contribution in [3.63, 3.8) is 0 Å². The van der Waals surface area contributed by atoms with Gasteiger partial charge in [0.2, 0.25) is 0 Å². The first kappa shape index (κ1) is 11.0. The predicted molar refractivity (Wildman–Crippen MR) is 48.0 cm³/mol. The Balaban J connectivity index is 4.40. The molecule has 0 saturated carbocycles. The molecule has 0 aliphatic rings. The van der Waals surface area contributed by atoms with Crippen molar-refractivity contribution < 1.29 is 0 Å². The topological polar surface area (TPSA) is 47.6 Å². The molecule has 0 rings (SSSR count). The van der Waals surface area contributed by atoms with Gasteiger partial charge in [0.1, 0.15) is 0 Å². The second-order valence-corrected chi connectivity index (χ2v) is 4.14. The predicted octanol–water partition coefficient (Wildman–Crippen LogP) is 2.72. The molecule has 1 unspecified atom stereocenters. The van der Waals surface area contributed by atoms with Gasteiger partial charge in [-0.1, -0.05) is 13.8 Å². The molecule has 0 aromatic carbocycles. The van der Waals surface area contributed by atoms with Crippen molar-refractivity contribution in [3.8, 4) is 12.1 Å². The summed E-state index contributed by atoms with van der Waals surface area (Å²) in [6.07, 6.45) is 0.803. The molecule has 1 atom stereocenters. The van der Waals surface area contributed by atoms with Crippen LogP contribution in [0.15, 0.2) is 0 Å². The fraction of sp³-hybridized carbons (Fsp3) is 0.800. The van der Waals surface area contributed by atoms with E-state index in [0.29, 0.717) is 5.92 Å². The Kier molecular flexibility index (Phi) is 3.77. The van der Waals surface area contributed by atoms with Crippen LogP contribution in [0, 0.1) is 39.9 Å². The van der Waals surface area contributed by atoms with Crippen molar-refractivity contribution in [1.82, 2.24) is 0 Å². The Bertz CT molecular complexity index is 215. The van der Waals surface area contributed by atoms with Crippen LogP contribution in [-0.4, -0.2) is 0 Å². The van der Waals surface area contributed by atoms with E-state index in [1.165, 1.54) is 0 Å². The summed E-state index contributed by atoms with van der Waals surface area (Å²) in [5.41, 5.74) is -0.515. The molecule has 0 aliphatic heterocycles. The van der Waals surface area contributed by atoms with Gasteiger partial charge < -0.3 is 0 Å². The molecular formula is C10H16N2. The van der Waals surface area contributed by atoms with Crippen LogP contribution in [-0.2, 0) is 0 Å². The number of rotatable bonds is 3. The molecule has 0 aromatic heterocycles. The van der Waals surface area contributed by atoms with Crippen molar-refractivity contribution in [1.29, 1.82) is 10.5 Å². The minimum atomic E-state index is -0.515. The maximum atomic E-state index is 8.84. The Labute approximate surface area is 74.8 Å². The molecule has 0 heterocycles. The zero-order chi connectivity index (χ0) is 9.78. The highest BCUT2D eigenvalue weighted by Crippen LogP contribution is 2.30. The normalized spacial score (nSPS) is 13.6. The van der Waals surface area contributed by atoms with Gasteiger partial charge in [0, 0.05) is 0 Å². The first-order valence-electron chi connectivity index (χ1n) is 4.25. The highest BCUT2D eigenvalue weighted by Gasteiger charge is 2.29. The van der Waals surface area contributed by atoms with Gasteiger partial charge in [0.05, 0.1) is 23.5 Å². The maximum Gasteiger partial charge on any atom is 0.0697 e. The second kappa shape index (κ2) is 4.12. The average molecular weight is 164 g/mol. The van der Waals surface area contributed by atoms with Gasteiger partial charge in [-0.2, -0.15) is 10.5 Å². The fourth-order valence-electron chi connectivity index (χ4n) is 1.06. The summed E-state index contributed by atoms with van der Waals surface area (Å²) in [5, 5.41) is 17.6. The second-order valence-electron chi connectivity index (χ2n) is 4.14. The summed E-state index contributed by atoms with van der Waals surface area (Å²) >= 11 is 0. The van der Waals surface area contributed by atoms with E-state index < -0.39 is 5.41 Å². The van der Waals surface area contributed by atoms with Gasteiger partial charge in [-0.25, -0.2) is 0 Å². The molecule has 0 aliphatic carbocycles. The molecule has 0 aromatic rings. The summed E-state index contributed by atoms with van der Waals surface area (Å²) in [4.78, 5) is 0. The third kappa shape index (κ3) is 2.93. The lowest BCUT2D eigenvalue weighted by molar-refractivity contribution is 0.310. The lowest BCUT2D eigenvalue weighted by Crippen LogP contribution is -2.22. The molecule has 0 saturated heterocycles. The van der Waals surface area contributed by atoms with Crippen LogP contribution in [0.25, 0.3) is 0 Å². The van der Waals surface area contributed by atoms with E-state index >= 15 is 0 Å². The summed E-state index contributed by atoms with van der Waals surface area (Å²) in [7, 11) is 0. The smallest absolute Gasteiger partial charge is 0.0697 e. The molecule has 0 radical (unpaired) electrons. The van der Waals surface area contributed by atoms with Gasteiger partial charge in [-0.15, -0.1) is 0 Å². The van der Waals surface area contributed by atoms with E-state index in [1.54, 1.807) is 0 Å². The van der Waals surface area contributed by atoms with Crippen molar-refractivity contribution >= 4 is 0 Å².